The molecule has 2 atom stereocenters. The summed E-state index contributed by atoms with van der Waals surface area (Å²) in [5.41, 5.74) is 0. The number of aliphatic hydroxyl groups is 1. The number of hydrogen-bond acceptors (Lipinski definition) is 1. The summed E-state index contributed by atoms with van der Waals surface area (Å²) in [6.45, 7) is 4.08. The first kappa shape index (κ1) is 8.69. The van der Waals surface area contributed by atoms with Crippen molar-refractivity contribution in [1.29, 1.82) is 0 Å². The molecule has 0 saturated carbocycles. The van der Waals surface area contributed by atoms with Gasteiger partial charge in [-0.3, -0.25) is 0 Å². The van der Waals surface area contributed by atoms with Gasteiger partial charge in [-0.15, -0.1) is 0 Å². The van der Waals surface area contributed by atoms with E-state index in [0.717, 1.165) is 10.8 Å². The van der Waals surface area contributed by atoms with Crippen LogP contribution in [0.15, 0.2) is 0 Å². The van der Waals surface area contributed by atoms with Crippen molar-refractivity contribution < 1.29 is 5.11 Å². The van der Waals surface area contributed by atoms with E-state index in [1.165, 1.54) is 0 Å². The highest BCUT2D eigenvalue weighted by Crippen LogP contribution is 2.08. The van der Waals surface area contributed by atoms with Crippen LogP contribution in [-0.4, -0.2) is 15.6 Å². The lowest BCUT2D eigenvalue weighted by Crippen LogP contribution is -2.16. The zero-order chi connectivity index (χ0) is 6.57. The Hall–Kier alpha value is 0.690. The molecule has 0 aromatic carbocycles. The smallest absolute Gasteiger partial charge is 0.0570 e. The van der Waals surface area contributed by atoms with Gasteiger partial charge in [0.05, 0.1) is 6.10 Å². The molecule has 0 aromatic rings. The molecule has 1 nitrogen and oxygen atoms in total. The van der Waals surface area contributed by atoms with Crippen LogP contribution in [0.1, 0.15) is 20.3 Å². The van der Waals surface area contributed by atoms with Gasteiger partial charge in [0.15, 0.2) is 0 Å². The molecule has 0 fully saturated rings. The highest BCUT2D eigenvalue weighted by molar-refractivity contribution is 14.1. The Bertz CT molecular complexity index is 48.5. The van der Waals surface area contributed by atoms with E-state index in [1.807, 2.05) is 6.92 Å². The third kappa shape index (κ3) is 2.87. The zero-order valence-electron chi connectivity index (χ0n) is 5.39. The maximum atomic E-state index is 9.12. The molecule has 0 aromatic heterocycles. The summed E-state index contributed by atoms with van der Waals surface area (Å²) in [5, 5.41) is 9.12. The molecule has 1 N–H and O–H groups in total. The SMILES string of the molecule is CC[C@@H](O)[C@H](C)CI. The summed E-state index contributed by atoms with van der Waals surface area (Å²) < 4.78 is 1.05. The van der Waals surface area contributed by atoms with Gasteiger partial charge in [0.1, 0.15) is 0 Å². The Labute approximate surface area is 64.6 Å². The van der Waals surface area contributed by atoms with E-state index >= 15 is 0 Å². The Morgan fingerprint density at radius 3 is 2.25 bits per heavy atom. The van der Waals surface area contributed by atoms with Crippen molar-refractivity contribution >= 4 is 22.6 Å². The van der Waals surface area contributed by atoms with E-state index in [1.54, 1.807) is 0 Å². The van der Waals surface area contributed by atoms with Crippen LogP contribution in [0.25, 0.3) is 0 Å². The van der Waals surface area contributed by atoms with Gasteiger partial charge in [0, 0.05) is 4.43 Å². The van der Waals surface area contributed by atoms with E-state index in [2.05, 4.69) is 29.5 Å². The molecule has 0 unspecified atom stereocenters. The van der Waals surface area contributed by atoms with E-state index in [-0.39, 0.29) is 6.10 Å². The largest absolute Gasteiger partial charge is 0.393 e. The minimum atomic E-state index is -0.0908. The van der Waals surface area contributed by atoms with Crippen LogP contribution in [0.5, 0.6) is 0 Å². The van der Waals surface area contributed by atoms with Gasteiger partial charge in [-0.25, -0.2) is 0 Å². The van der Waals surface area contributed by atoms with Gasteiger partial charge >= 0.3 is 0 Å². The van der Waals surface area contributed by atoms with Gasteiger partial charge in [-0.05, 0) is 12.3 Å². The summed E-state index contributed by atoms with van der Waals surface area (Å²) in [4.78, 5) is 0. The fourth-order valence-electron chi connectivity index (χ4n) is 0.505. The molecule has 0 aliphatic heterocycles. The molecule has 0 heterocycles. The molecular formula is C6H13IO. The van der Waals surface area contributed by atoms with Crippen LogP contribution < -0.4 is 0 Å². The van der Waals surface area contributed by atoms with E-state index in [0.29, 0.717) is 5.92 Å². The molecule has 0 bridgehead atoms. The van der Waals surface area contributed by atoms with Crippen molar-refractivity contribution in [3.63, 3.8) is 0 Å². The number of aliphatic hydroxyl groups excluding tert-OH is 1. The van der Waals surface area contributed by atoms with Crippen molar-refractivity contribution in [2.45, 2.75) is 26.4 Å². The molecule has 2 heteroatoms. The fourth-order valence-corrected chi connectivity index (χ4v) is 1.09. The lowest BCUT2D eigenvalue weighted by molar-refractivity contribution is 0.125. The molecular weight excluding hydrogens is 215 g/mol. The van der Waals surface area contributed by atoms with Crippen molar-refractivity contribution in [2.75, 3.05) is 4.43 Å². The third-order valence-corrected chi connectivity index (χ3v) is 2.71. The lowest BCUT2D eigenvalue weighted by Gasteiger charge is -2.12. The summed E-state index contributed by atoms with van der Waals surface area (Å²) in [7, 11) is 0. The zero-order valence-corrected chi connectivity index (χ0v) is 7.55. The second-order valence-corrected chi connectivity index (χ2v) is 2.99. The van der Waals surface area contributed by atoms with Crippen LogP contribution in [0.2, 0.25) is 0 Å². The number of rotatable bonds is 3. The summed E-state index contributed by atoms with van der Waals surface area (Å²) in [5.74, 6) is 0.459. The Morgan fingerprint density at radius 1 is 1.62 bits per heavy atom. The second kappa shape index (κ2) is 4.56. The molecule has 0 rings (SSSR count). The van der Waals surface area contributed by atoms with Crippen LogP contribution in [-0.2, 0) is 0 Å². The summed E-state index contributed by atoms with van der Waals surface area (Å²) in [6, 6.07) is 0. The molecule has 0 radical (unpaired) electrons. The first-order valence-corrected chi connectivity index (χ1v) is 4.49. The molecule has 0 amide bonds. The lowest BCUT2D eigenvalue weighted by atomic mass is 10.1. The van der Waals surface area contributed by atoms with Crippen molar-refractivity contribution in [2.24, 2.45) is 5.92 Å². The van der Waals surface area contributed by atoms with Crippen LogP contribution >= 0.6 is 22.6 Å². The normalized spacial score (nSPS) is 18.0. The average Bonchev–Trinajstić information content (AvgIpc) is 1.84. The van der Waals surface area contributed by atoms with Crippen molar-refractivity contribution in [3.05, 3.63) is 0 Å². The minimum absolute atomic E-state index is 0.0908. The Kier molecular flexibility index (Phi) is 4.95. The van der Waals surface area contributed by atoms with Crippen LogP contribution in [0, 0.1) is 5.92 Å². The monoisotopic (exact) mass is 228 g/mol. The molecule has 0 spiro atoms. The van der Waals surface area contributed by atoms with Gasteiger partial charge < -0.3 is 5.11 Å². The maximum absolute atomic E-state index is 9.12. The highest BCUT2D eigenvalue weighted by Gasteiger charge is 2.08. The van der Waals surface area contributed by atoms with E-state index in [9.17, 15) is 0 Å². The fraction of sp³-hybridized carbons (Fsp3) is 1.00. The number of hydrogen-bond donors (Lipinski definition) is 1. The van der Waals surface area contributed by atoms with E-state index in [4.69, 9.17) is 5.11 Å². The third-order valence-electron chi connectivity index (χ3n) is 1.32. The average molecular weight is 228 g/mol. The van der Waals surface area contributed by atoms with Gasteiger partial charge in [0.25, 0.3) is 0 Å². The first-order valence-electron chi connectivity index (χ1n) is 2.96. The molecule has 0 aliphatic rings. The Balaban J connectivity index is 3.29. The van der Waals surface area contributed by atoms with Gasteiger partial charge in [-0.2, -0.15) is 0 Å². The Morgan fingerprint density at radius 2 is 2.12 bits per heavy atom. The molecule has 0 aliphatic carbocycles. The van der Waals surface area contributed by atoms with Crippen molar-refractivity contribution in [1.82, 2.24) is 0 Å². The topological polar surface area (TPSA) is 20.2 Å². The standard InChI is InChI=1S/C6H13IO/c1-3-6(8)5(2)4-7/h5-6,8H,3-4H2,1-2H3/t5-,6-/m1/s1. The second-order valence-electron chi connectivity index (χ2n) is 2.11. The highest BCUT2D eigenvalue weighted by atomic mass is 127. The van der Waals surface area contributed by atoms with E-state index < -0.39 is 0 Å². The van der Waals surface area contributed by atoms with Gasteiger partial charge in [0.2, 0.25) is 0 Å². The molecule has 50 valence electrons. The van der Waals surface area contributed by atoms with Crippen LogP contribution in [0.4, 0.5) is 0 Å². The minimum Gasteiger partial charge on any atom is -0.393 e. The predicted octanol–water partition coefficient (Wildman–Crippen LogP) is 1.83. The maximum Gasteiger partial charge on any atom is 0.0570 e. The number of halogens is 1. The number of alkyl halides is 1. The molecule has 0 saturated heterocycles. The predicted molar refractivity (Wildman–Crippen MR) is 44.3 cm³/mol. The van der Waals surface area contributed by atoms with Crippen LogP contribution in [0.3, 0.4) is 0 Å². The summed E-state index contributed by atoms with van der Waals surface area (Å²) in [6.07, 6.45) is 0.788. The molecule has 8 heavy (non-hydrogen) atoms. The first-order chi connectivity index (χ1) is 3.72. The quantitative estimate of drug-likeness (QED) is 0.577. The van der Waals surface area contributed by atoms with Gasteiger partial charge in [-0.1, -0.05) is 36.4 Å². The van der Waals surface area contributed by atoms with Crippen molar-refractivity contribution in [3.8, 4) is 0 Å². The summed E-state index contributed by atoms with van der Waals surface area (Å²) >= 11 is 2.29.